The molecule has 0 radical (unpaired) electrons. The van der Waals surface area contributed by atoms with Crippen LogP contribution >= 0.6 is 0 Å². The van der Waals surface area contributed by atoms with Crippen molar-refractivity contribution in [2.45, 2.75) is 26.1 Å². The van der Waals surface area contributed by atoms with Crippen LogP contribution in [0.25, 0.3) is 0 Å². The maximum atomic E-state index is 12.8. The number of amides is 4. The first-order chi connectivity index (χ1) is 13.6. The van der Waals surface area contributed by atoms with Crippen LogP contribution < -0.4 is 10.2 Å². The Kier molecular flexibility index (Phi) is 5.32. The van der Waals surface area contributed by atoms with E-state index in [2.05, 4.69) is 5.32 Å². The second-order valence-electron chi connectivity index (χ2n) is 6.72. The Morgan fingerprint density at radius 2 is 1.76 bits per heavy atom. The molecule has 2 aromatic carbocycles. The van der Waals surface area contributed by atoms with Crippen LogP contribution in [-0.4, -0.2) is 35.3 Å². The normalized spacial score (nSPS) is 17.1. The topological polar surface area (TPSA) is 69.7 Å². The van der Waals surface area contributed by atoms with Gasteiger partial charge < -0.3 is 5.32 Å². The fraction of sp³-hybridized carbons (Fsp3) is 0.250. The van der Waals surface area contributed by atoms with Crippen molar-refractivity contribution < 1.29 is 27.6 Å². The molecule has 4 amide bonds. The maximum Gasteiger partial charge on any atom is 0.416 e. The van der Waals surface area contributed by atoms with Gasteiger partial charge in [-0.2, -0.15) is 13.2 Å². The smallest absolute Gasteiger partial charge is 0.325 e. The van der Waals surface area contributed by atoms with Crippen LogP contribution in [0.1, 0.15) is 18.1 Å². The molecule has 0 saturated carbocycles. The first-order valence-electron chi connectivity index (χ1n) is 8.76. The van der Waals surface area contributed by atoms with Crippen LogP contribution in [-0.2, 0) is 15.8 Å². The van der Waals surface area contributed by atoms with Crippen LogP contribution in [0.2, 0.25) is 0 Å². The number of hydrogen-bond acceptors (Lipinski definition) is 3. The van der Waals surface area contributed by atoms with Crippen molar-refractivity contribution >= 4 is 29.2 Å². The van der Waals surface area contributed by atoms with Gasteiger partial charge in [-0.3, -0.25) is 19.4 Å². The molecule has 1 unspecified atom stereocenters. The van der Waals surface area contributed by atoms with E-state index in [-0.39, 0.29) is 5.69 Å². The lowest BCUT2D eigenvalue weighted by Crippen LogP contribution is -2.39. The number of imide groups is 1. The number of alkyl halides is 3. The van der Waals surface area contributed by atoms with Crippen molar-refractivity contribution in [3.63, 3.8) is 0 Å². The second-order valence-corrected chi connectivity index (χ2v) is 6.72. The molecule has 1 saturated heterocycles. The Labute approximate surface area is 164 Å². The number of rotatable bonds is 4. The molecule has 6 nitrogen and oxygen atoms in total. The van der Waals surface area contributed by atoms with Crippen LogP contribution in [0.15, 0.2) is 48.5 Å². The second kappa shape index (κ2) is 7.57. The summed E-state index contributed by atoms with van der Waals surface area (Å²) in [7, 11) is 0. The van der Waals surface area contributed by atoms with Gasteiger partial charge in [0.1, 0.15) is 12.6 Å². The number of nitrogens with one attached hydrogen (secondary N) is 1. The van der Waals surface area contributed by atoms with Gasteiger partial charge in [0.25, 0.3) is 5.91 Å². The Morgan fingerprint density at radius 3 is 2.38 bits per heavy atom. The molecular weight excluding hydrogens is 387 g/mol. The lowest BCUT2D eigenvalue weighted by Gasteiger charge is -2.19. The van der Waals surface area contributed by atoms with E-state index in [1.807, 2.05) is 6.92 Å². The van der Waals surface area contributed by atoms with E-state index in [0.29, 0.717) is 5.69 Å². The minimum Gasteiger partial charge on any atom is -0.325 e. The Morgan fingerprint density at radius 1 is 1.10 bits per heavy atom. The number of benzene rings is 2. The summed E-state index contributed by atoms with van der Waals surface area (Å²) in [5.41, 5.74) is 0.508. The van der Waals surface area contributed by atoms with Gasteiger partial charge in [0.05, 0.1) is 5.56 Å². The average Bonchev–Trinajstić information content (AvgIpc) is 2.86. The molecule has 29 heavy (non-hydrogen) atoms. The van der Waals surface area contributed by atoms with E-state index < -0.39 is 42.2 Å². The Hall–Kier alpha value is -3.36. The van der Waals surface area contributed by atoms with Gasteiger partial charge in [0.2, 0.25) is 5.91 Å². The van der Waals surface area contributed by atoms with Gasteiger partial charge in [-0.15, -0.1) is 0 Å². The monoisotopic (exact) mass is 405 g/mol. The first-order valence-corrected chi connectivity index (χ1v) is 8.76. The first kappa shape index (κ1) is 20.4. The summed E-state index contributed by atoms with van der Waals surface area (Å²) < 4.78 is 38.4. The molecule has 152 valence electrons. The number of anilines is 2. The van der Waals surface area contributed by atoms with Crippen LogP contribution in [0.4, 0.5) is 29.3 Å². The molecule has 3 rings (SSSR count). The highest BCUT2D eigenvalue weighted by Gasteiger charge is 2.44. The summed E-state index contributed by atoms with van der Waals surface area (Å²) in [5.74, 6) is -1.33. The summed E-state index contributed by atoms with van der Waals surface area (Å²) in [6.07, 6.45) is -4.55. The van der Waals surface area contributed by atoms with Gasteiger partial charge >= 0.3 is 12.2 Å². The molecule has 0 aliphatic carbocycles. The fourth-order valence-electron chi connectivity index (χ4n) is 3.03. The van der Waals surface area contributed by atoms with E-state index >= 15 is 0 Å². The molecule has 1 fully saturated rings. The number of carbonyl (C=O) groups is 3. The molecule has 1 aliphatic heterocycles. The third kappa shape index (κ3) is 4.23. The zero-order chi connectivity index (χ0) is 21.3. The maximum absolute atomic E-state index is 12.8. The summed E-state index contributed by atoms with van der Waals surface area (Å²) in [4.78, 5) is 39.5. The molecule has 9 heteroatoms. The van der Waals surface area contributed by atoms with Crippen molar-refractivity contribution in [2.75, 3.05) is 16.8 Å². The third-order valence-corrected chi connectivity index (χ3v) is 4.54. The number of urea groups is 1. The van der Waals surface area contributed by atoms with Gasteiger partial charge in [-0.05, 0) is 44.2 Å². The fourth-order valence-corrected chi connectivity index (χ4v) is 3.03. The molecule has 1 atom stereocenters. The SMILES string of the molecule is Cc1ccc(N2C(=O)N(CC(=O)Nc3cccc(C(F)(F)F)c3)C(=O)C2C)cc1. The van der Waals surface area contributed by atoms with E-state index in [9.17, 15) is 27.6 Å². The lowest BCUT2D eigenvalue weighted by atomic mass is 10.2. The summed E-state index contributed by atoms with van der Waals surface area (Å²) in [6.45, 7) is 2.83. The van der Waals surface area contributed by atoms with E-state index in [0.717, 1.165) is 28.7 Å². The van der Waals surface area contributed by atoms with Gasteiger partial charge in [-0.1, -0.05) is 23.8 Å². The molecule has 1 heterocycles. The van der Waals surface area contributed by atoms with Crippen molar-refractivity contribution in [1.29, 1.82) is 0 Å². The molecular formula is C20H18F3N3O3. The number of nitrogens with zero attached hydrogens (tertiary/aromatic N) is 2. The van der Waals surface area contributed by atoms with Crippen LogP contribution in [0.3, 0.4) is 0 Å². The van der Waals surface area contributed by atoms with Crippen LogP contribution in [0, 0.1) is 6.92 Å². The highest BCUT2D eigenvalue weighted by atomic mass is 19.4. The molecule has 2 aromatic rings. The highest BCUT2D eigenvalue weighted by Crippen LogP contribution is 2.31. The third-order valence-electron chi connectivity index (χ3n) is 4.54. The largest absolute Gasteiger partial charge is 0.416 e. The molecule has 0 spiro atoms. The van der Waals surface area contributed by atoms with E-state index in [1.54, 1.807) is 31.2 Å². The van der Waals surface area contributed by atoms with Crippen LogP contribution in [0.5, 0.6) is 0 Å². The minimum absolute atomic E-state index is 0.0765. The minimum atomic E-state index is -4.55. The highest BCUT2D eigenvalue weighted by molar-refractivity contribution is 6.16. The zero-order valence-electron chi connectivity index (χ0n) is 15.7. The summed E-state index contributed by atoms with van der Waals surface area (Å²) >= 11 is 0. The number of aryl methyl sites for hydroxylation is 1. The molecule has 1 aliphatic rings. The number of halogens is 3. The van der Waals surface area contributed by atoms with Gasteiger partial charge in [0.15, 0.2) is 0 Å². The quantitative estimate of drug-likeness (QED) is 0.787. The van der Waals surface area contributed by atoms with E-state index in [1.165, 1.54) is 11.0 Å². The lowest BCUT2D eigenvalue weighted by molar-refractivity contribution is -0.137. The number of carbonyl (C=O) groups excluding carboxylic acids is 3. The van der Waals surface area contributed by atoms with E-state index in [4.69, 9.17) is 0 Å². The number of hydrogen-bond donors (Lipinski definition) is 1. The van der Waals surface area contributed by atoms with Crippen molar-refractivity contribution in [3.8, 4) is 0 Å². The molecule has 0 bridgehead atoms. The van der Waals surface area contributed by atoms with Gasteiger partial charge in [-0.25, -0.2) is 4.79 Å². The molecule has 1 N–H and O–H groups in total. The van der Waals surface area contributed by atoms with Crippen molar-refractivity contribution in [1.82, 2.24) is 4.90 Å². The Balaban J connectivity index is 1.73. The predicted octanol–water partition coefficient (Wildman–Crippen LogP) is 3.81. The summed E-state index contributed by atoms with van der Waals surface area (Å²) in [5, 5.41) is 2.30. The standard InChI is InChI=1S/C20H18F3N3O3/c1-12-6-8-16(9-7-12)26-13(2)18(28)25(19(26)29)11-17(27)24-15-5-3-4-14(10-15)20(21,22)23/h3-10,13H,11H2,1-2H3,(H,24,27). The van der Waals surface area contributed by atoms with Crippen molar-refractivity contribution in [2.24, 2.45) is 0 Å². The predicted molar refractivity (Wildman–Crippen MR) is 100 cm³/mol. The van der Waals surface area contributed by atoms with Crippen molar-refractivity contribution in [3.05, 3.63) is 59.7 Å². The molecule has 0 aromatic heterocycles. The average molecular weight is 405 g/mol. The Bertz CT molecular complexity index is 957. The zero-order valence-corrected chi connectivity index (χ0v) is 15.7. The van der Waals surface area contributed by atoms with Gasteiger partial charge in [0, 0.05) is 11.4 Å². The summed E-state index contributed by atoms with van der Waals surface area (Å²) in [6, 6.07) is 9.64.